The lowest BCUT2D eigenvalue weighted by atomic mass is 9.84. The van der Waals surface area contributed by atoms with Crippen LogP contribution in [0.25, 0.3) is 0 Å². The molecule has 1 nitrogen and oxygen atoms in total. The van der Waals surface area contributed by atoms with Gasteiger partial charge in [0.1, 0.15) is 0 Å². The number of rotatable bonds is 4. The number of benzene rings is 1. The molecule has 1 aromatic carbocycles. The van der Waals surface area contributed by atoms with Crippen molar-refractivity contribution in [2.24, 2.45) is 5.92 Å². The fourth-order valence-electron chi connectivity index (χ4n) is 2.76. The Hall–Kier alpha value is -0.0500. The molecule has 1 fully saturated rings. The van der Waals surface area contributed by atoms with Crippen molar-refractivity contribution in [3.8, 4) is 0 Å². The SMILES string of the molecule is CCC1CCCC(NCc2ccc(Br)c(Cl)c2)C1. The highest BCUT2D eigenvalue weighted by molar-refractivity contribution is 9.10. The van der Waals surface area contributed by atoms with Crippen LogP contribution < -0.4 is 5.32 Å². The van der Waals surface area contributed by atoms with Gasteiger partial charge in [-0.2, -0.15) is 0 Å². The zero-order valence-corrected chi connectivity index (χ0v) is 13.2. The minimum Gasteiger partial charge on any atom is -0.310 e. The van der Waals surface area contributed by atoms with E-state index in [4.69, 9.17) is 11.6 Å². The van der Waals surface area contributed by atoms with E-state index in [2.05, 4.69) is 34.2 Å². The summed E-state index contributed by atoms with van der Waals surface area (Å²) in [6, 6.07) is 6.88. The summed E-state index contributed by atoms with van der Waals surface area (Å²) in [5, 5.41) is 4.47. The third-order valence-corrected chi connectivity index (χ3v) is 5.17. The van der Waals surface area contributed by atoms with E-state index in [1.807, 2.05) is 12.1 Å². The molecule has 2 rings (SSSR count). The van der Waals surface area contributed by atoms with Gasteiger partial charge in [-0.1, -0.05) is 43.9 Å². The largest absolute Gasteiger partial charge is 0.310 e. The van der Waals surface area contributed by atoms with Crippen molar-refractivity contribution in [2.45, 2.75) is 51.6 Å². The van der Waals surface area contributed by atoms with Crippen LogP contribution in [0.3, 0.4) is 0 Å². The maximum Gasteiger partial charge on any atom is 0.0551 e. The highest BCUT2D eigenvalue weighted by Gasteiger charge is 2.19. The Morgan fingerprint density at radius 3 is 2.94 bits per heavy atom. The maximum absolute atomic E-state index is 6.11. The van der Waals surface area contributed by atoms with Crippen LogP contribution in [0.15, 0.2) is 22.7 Å². The lowest BCUT2D eigenvalue weighted by Crippen LogP contribution is -2.33. The van der Waals surface area contributed by atoms with Crippen LogP contribution in [-0.2, 0) is 6.54 Å². The van der Waals surface area contributed by atoms with Crippen molar-refractivity contribution in [1.29, 1.82) is 0 Å². The second-order valence-electron chi connectivity index (χ2n) is 5.27. The van der Waals surface area contributed by atoms with Gasteiger partial charge in [0.2, 0.25) is 0 Å². The molecule has 0 aliphatic heterocycles. The first-order valence-electron chi connectivity index (χ1n) is 6.86. The molecule has 0 bridgehead atoms. The molecule has 0 spiro atoms. The summed E-state index contributed by atoms with van der Waals surface area (Å²) >= 11 is 9.53. The Balaban J connectivity index is 1.85. The Kier molecular flexibility index (Phi) is 5.53. The normalized spacial score (nSPS) is 24.2. The van der Waals surface area contributed by atoms with Crippen LogP contribution in [0.1, 0.15) is 44.6 Å². The fourth-order valence-corrected chi connectivity index (χ4v) is 3.21. The molecule has 0 heterocycles. The van der Waals surface area contributed by atoms with E-state index in [0.29, 0.717) is 6.04 Å². The molecule has 1 N–H and O–H groups in total. The van der Waals surface area contributed by atoms with E-state index in [0.717, 1.165) is 22.0 Å². The monoisotopic (exact) mass is 329 g/mol. The lowest BCUT2D eigenvalue weighted by molar-refractivity contribution is 0.278. The molecule has 1 aromatic rings. The van der Waals surface area contributed by atoms with Crippen molar-refractivity contribution in [2.75, 3.05) is 0 Å². The average Bonchev–Trinajstić information content (AvgIpc) is 2.40. The van der Waals surface area contributed by atoms with E-state index in [1.165, 1.54) is 37.7 Å². The molecule has 1 aliphatic carbocycles. The van der Waals surface area contributed by atoms with E-state index in [9.17, 15) is 0 Å². The standard InChI is InChI=1S/C15H21BrClN/c1-2-11-4-3-5-13(8-11)18-10-12-6-7-14(16)15(17)9-12/h6-7,9,11,13,18H,2-5,8,10H2,1H3. The minimum atomic E-state index is 0.686. The van der Waals surface area contributed by atoms with Crippen molar-refractivity contribution in [3.05, 3.63) is 33.3 Å². The summed E-state index contributed by atoms with van der Waals surface area (Å²) in [6.45, 7) is 3.23. The Morgan fingerprint density at radius 1 is 1.39 bits per heavy atom. The summed E-state index contributed by atoms with van der Waals surface area (Å²) in [4.78, 5) is 0. The van der Waals surface area contributed by atoms with Crippen LogP contribution >= 0.6 is 27.5 Å². The molecular weight excluding hydrogens is 310 g/mol. The van der Waals surface area contributed by atoms with Gasteiger partial charge in [0.25, 0.3) is 0 Å². The Labute approximate surface area is 123 Å². The molecule has 2 atom stereocenters. The molecule has 2 unspecified atom stereocenters. The highest BCUT2D eigenvalue weighted by Crippen LogP contribution is 2.27. The van der Waals surface area contributed by atoms with E-state index in [-0.39, 0.29) is 0 Å². The van der Waals surface area contributed by atoms with Crippen molar-refractivity contribution >= 4 is 27.5 Å². The summed E-state index contributed by atoms with van der Waals surface area (Å²) < 4.78 is 0.969. The van der Waals surface area contributed by atoms with Gasteiger partial charge in [-0.15, -0.1) is 0 Å². The number of nitrogens with one attached hydrogen (secondary N) is 1. The Bertz CT molecular complexity index is 394. The van der Waals surface area contributed by atoms with Crippen molar-refractivity contribution in [1.82, 2.24) is 5.32 Å². The first-order chi connectivity index (χ1) is 8.69. The molecule has 0 amide bonds. The maximum atomic E-state index is 6.11. The van der Waals surface area contributed by atoms with Crippen LogP contribution in [0.5, 0.6) is 0 Å². The van der Waals surface area contributed by atoms with Crippen LogP contribution in [-0.4, -0.2) is 6.04 Å². The number of hydrogen-bond acceptors (Lipinski definition) is 1. The fraction of sp³-hybridized carbons (Fsp3) is 0.600. The van der Waals surface area contributed by atoms with Crippen LogP contribution in [0.2, 0.25) is 5.02 Å². The molecule has 1 saturated carbocycles. The van der Waals surface area contributed by atoms with E-state index in [1.54, 1.807) is 0 Å². The molecule has 1 aliphatic rings. The quantitative estimate of drug-likeness (QED) is 0.804. The molecule has 0 aromatic heterocycles. The molecule has 0 radical (unpaired) electrons. The molecule has 18 heavy (non-hydrogen) atoms. The molecule has 3 heteroatoms. The van der Waals surface area contributed by atoms with Gasteiger partial charge in [0.15, 0.2) is 0 Å². The third kappa shape index (κ3) is 3.97. The summed E-state index contributed by atoms with van der Waals surface area (Å²) in [5.74, 6) is 0.921. The lowest BCUT2D eigenvalue weighted by Gasteiger charge is -2.29. The summed E-state index contributed by atoms with van der Waals surface area (Å²) in [7, 11) is 0. The minimum absolute atomic E-state index is 0.686. The number of hydrogen-bond donors (Lipinski definition) is 1. The number of halogens is 2. The molecule has 0 saturated heterocycles. The van der Waals surface area contributed by atoms with Crippen molar-refractivity contribution in [3.63, 3.8) is 0 Å². The predicted octanol–water partition coefficient (Wildman–Crippen LogP) is 5.16. The topological polar surface area (TPSA) is 12.0 Å². The molecule has 100 valence electrons. The van der Waals surface area contributed by atoms with Crippen molar-refractivity contribution < 1.29 is 0 Å². The van der Waals surface area contributed by atoms with Gasteiger partial charge in [-0.05, 0) is 52.4 Å². The van der Waals surface area contributed by atoms with Crippen LogP contribution in [0, 0.1) is 5.92 Å². The van der Waals surface area contributed by atoms with Gasteiger partial charge in [0, 0.05) is 17.1 Å². The third-order valence-electron chi connectivity index (χ3n) is 3.94. The summed E-state index contributed by atoms with van der Waals surface area (Å²) in [6.07, 6.45) is 6.76. The smallest absolute Gasteiger partial charge is 0.0551 e. The van der Waals surface area contributed by atoms with Gasteiger partial charge in [-0.3, -0.25) is 0 Å². The first kappa shape index (κ1) is 14.4. The summed E-state index contributed by atoms with van der Waals surface area (Å²) in [5.41, 5.74) is 1.27. The zero-order valence-electron chi connectivity index (χ0n) is 10.9. The van der Waals surface area contributed by atoms with E-state index >= 15 is 0 Å². The Morgan fingerprint density at radius 2 is 2.22 bits per heavy atom. The highest BCUT2D eigenvalue weighted by atomic mass is 79.9. The average molecular weight is 331 g/mol. The second-order valence-corrected chi connectivity index (χ2v) is 6.53. The van der Waals surface area contributed by atoms with Crippen LogP contribution in [0.4, 0.5) is 0 Å². The second kappa shape index (κ2) is 6.93. The van der Waals surface area contributed by atoms with Gasteiger partial charge < -0.3 is 5.32 Å². The van der Waals surface area contributed by atoms with E-state index < -0.39 is 0 Å². The molecular formula is C15H21BrClN. The van der Waals surface area contributed by atoms with Gasteiger partial charge >= 0.3 is 0 Å². The van der Waals surface area contributed by atoms with Gasteiger partial charge in [0.05, 0.1) is 5.02 Å². The first-order valence-corrected chi connectivity index (χ1v) is 8.03. The zero-order chi connectivity index (χ0) is 13.0. The van der Waals surface area contributed by atoms with Gasteiger partial charge in [-0.25, -0.2) is 0 Å². The predicted molar refractivity (Wildman–Crippen MR) is 82.0 cm³/mol.